The van der Waals surface area contributed by atoms with Gasteiger partial charge in [0.15, 0.2) is 5.78 Å². The predicted molar refractivity (Wildman–Crippen MR) is 108 cm³/mol. The minimum absolute atomic E-state index is 0.109. The number of carbonyl (C=O) groups is 1. The van der Waals surface area contributed by atoms with Gasteiger partial charge in [-0.1, -0.05) is 23.9 Å². The molecule has 0 radical (unpaired) electrons. The van der Waals surface area contributed by atoms with Gasteiger partial charge in [-0.15, -0.1) is 10.2 Å². The largest absolute Gasteiger partial charge is 0.293 e. The number of hydrogen-bond acceptors (Lipinski definition) is 7. The van der Waals surface area contributed by atoms with Crippen LogP contribution < -0.4 is 0 Å². The number of rotatable bonds is 6. The van der Waals surface area contributed by atoms with E-state index in [1.807, 2.05) is 36.4 Å². The van der Waals surface area contributed by atoms with Crippen LogP contribution in [0, 0.1) is 5.82 Å². The van der Waals surface area contributed by atoms with E-state index in [1.165, 1.54) is 24.3 Å². The molecule has 3 heterocycles. The molecular formula is C21H14FN5OS. The van der Waals surface area contributed by atoms with Crippen molar-refractivity contribution >= 4 is 17.5 Å². The molecule has 0 N–H and O–H groups in total. The van der Waals surface area contributed by atoms with Crippen LogP contribution in [0.1, 0.15) is 10.4 Å². The van der Waals surface area contributed by atoms with Gasteiger partial charge < -0.3 is 0 Å². The average molecular weight is 403 g/mol. The molecule has 0 saturated heterocycles. The fraction of sp³-hybridized carbons (Fsp3) is 0.0476. The molecular weight excluding hydrogens is 389 g/mol. The highest BCUT2D eigenvalue weighted by molar-refractivity contribution is 7.99. The first kappa shape index (κ1) is 18.8. The summed E-state index contributed by atoms with van der Waals surface area (Å²) in [6, 6.07) is 16.4. The van der Waals surface area contributed by atoms with Crippen LogP contribution in [0.4, 0.5) is 4.39 Å². The Morgan fingerprint density at radius 3 is 2.10 bits per heavy atom. The molecule has 3 aromatic heterocycles. The van der Waals surface area contributed by atoms with Crippen LogP contribution in [-0.4, -0.2) is 36.7 Å². The van der Waals surface area contributed by atoms with Crippen molar-refractivity contribution in [3.63, 3.8) is 0 Å². The molecule has 4 rings (SSSR count). The zero-order valence-corrected chi connectivity index (χ0v) is 15.9. The zero-order valence-electron chi connectivity index (χ0n) is 15.1. The molecule has 0 bridgehead atoms. The topological polar surface area (TPSA) is 81.5 Å². The van der Waals surface area contributed by atoms with Gasteiger partial charge >= 0.3 is 0 Å². The normalized spacial score (nSPS) is 10.7. The van der Waals surface area contributed by atoms with Crippen LogP contribution in [0.2, 0.25) is 0 Å². The molecule has 142 valence electrons. The highest BCUT2D eigenvalue weighted by Gasteiger charge is 2.16. The van der Waals surface area contributed by atoms with E-state index in [0.717, 1.165) is 11.8 Å². The first-order valence-electron chi connectivity index (χ1n) is 8.70. The Labute approximate surface area is 170 Å². The van der Waals surface area contributed by atoms with Crippen molar-refractivity contribution in [3.05, 3.63) is 84.4 Å². The number of halogens is 1. The fourth-order valence-electron chi connectivity index (χ4n) is 2.58. The number of Topliss-reactive ketones (excluding diaryl/α,β-unsaturated/α-hetero) is 1. The fourth-order valence-corrected chi connectivity index (χ4v) is 3.26. The van der Waals surface area contributed by atoms with Gasteiger partial charge in [-0.2, -0.15) is 0 Å². The van der Waals surface area contributed by atoms with E-state index < -0.39 is 0 Å². The number of benzene rings is 1. The summed E-state index contributed by atoms with van der Waals surface area (Å²) in [7, 11) is 0. The Balaban J connectivity index is 1.62. The van der Waals surface area contributed by atoms with E-state index in [4.69, 9.17) is 0 Å². The van der Waals surface area contributed by atoms with Gasteiger partial charge in [0.25, 0.3) is 0 Å². The summed E-state index contributed by atoms with van der Waals surface area (Å²) in [6.07, 6.45) is 3.34. The summed E-state index contributed by atoms with van der Waals surface area (Å²) in [5.74, 6) is -0.420. The molecule has 0 spiro atoms. The van der Waals surface area contributed by atoms with Gasteiger partial charge in [-0.05, 0) is 48.5 Å². The van der Waals surface area contributed by atoms with Gasteiger partial charge in [0.2, 0.25) is 5.16 Å². The standard InChI is InChI=1S/C21H14FN5OS/c22-15-9-7-14(8-10-15)18(28)13-29-21-25-19(16-5-1-3-11-23-16)20(26-27-21)17-6-2-4-12-24-17/h1-12H,13H2. The van der Waals surface area contributed by atoms with Crippen molar-refractivity contribution in [1.29, 1.82) is 0 Å². The predicted octanol–water partition coefficient (Wildman–Crippen LogP) is 4.11. The second kappa shape index (κ2) is 8.66. The van der Waals surface area contributed by atoms with Crippen LogP contribution >= 0.6 is 11.8 Å². The highest BCUT2D eigenvalue weighted by atomic mass is 32.2. The summed E-state index contributed by atoms with van der Waals surface area (Å²) in [5.41, 5.74) is 2.75. The number of nitrogens with zero attached hydrogens (tertiary/aromatic N) is 5. The number of thioether (sulfide) groups is 1. The molecule has 8 heteroatoms. The zero-order chi connectivity index (χ0) is 20.1. The van der Waals surface area contributed by atoms with Crippen molar-refractivity contribution in [2.24, 2.45) is 0 Å². The quantitative estimate of drug-likeness (QED) is 0.354. The molecule has 29 heavy (non-hydrogen) atoms. The molecule has 0 aliphatic carbocycles. The van der Waals surface area contributed by atoms with Crippen LogP contribution in [-0.2, 0) is 0 Å². The smallest absolute Gasteiger partial charge is 0.210 e. The highest BCUT2D eigenvalue weighted by Crippen LogP contribution is 2.27. The Kier molecular flexibility index (Phi) is 5.62. The van der Waals surface area contributed by atoms with E-state index in [-0.39, 0.29) is 17.4 Å². The summed E-state index contributed by atoms with van der Waals surface area (Å²) >= 11 is 1.16. The second-order valence-electron chi connectivity index (χ2n) is 5.94. The number of pyridine rings is 2. The Bertz CT molecular complexity index is 1120. The van der Waals surface area contributed by atoms with Crippen molar-refractivity contribution in [2.45, 2.75) is 5.16 Å². The van der Waals surface area contributed by atoms with Crippen molar-refractivity contribution in [3.8, 4) is 22.8 Å². The molecule has 1 aromatic carbocycles. The number of ketones is 1. The molecule has 0 atom stereocenters. The molecule has 0 amide bonds. The first-order chi connectivity index (χ1) is 14.2. The SMILES string of the molecule is O=C(CSc1nnc(-c2ccccn2)c(-c2ccccn2)n1)c1ccc(F)cc1. The monoisotopic (exact) mass is 403 g/mol. The maximum absolute atomic E-state index is 13.0. The lowest BCUT2D eigenvalue weighted by molar-refractivity contribution is 0.102. The summed E-state index contributed by atoms with van der Waals surface area (Å²) in [6.45, 7) is 0. The van der Waals surface area contributed by atoms with Crippen molar-refractivity contribution in [1.82, 2.24) is 25.1 Å². The minimum Gasteiger partial charge on any atom is -0.293 e. The third kappa shape index (κ3) is 4.49. The molecule has 6 nitrogen and oxygen atoms in total. The lowest BCUT2D eigenvalue weighted by Crippen LogP contribution is -2.05. The van der Waals surface area contributed by atoms with E-state index in [9.17, 15) is 9.18 Å². The summed E-state index contributed by atoms with van der Waals surface area (Å²) in [4.78, 5) is 25.6. The Hall–Kier alpha value is -3.52. The van der Waals surface area contributed by atoms with Gasteiger partial charge in [-0.25, -0.2) is 9.37 Å². The van der Waals surface area contributed by atoms with Crippen LogP contribution in [0.5, 0.6) is 0 Å². The lowest BCUT2D eigenvalue weighted by Gasteiger charge is -2.08. The maximum atomic E-state index is 13.0. The molecule has 0 unspecified atom stereocenters. The molecule has 4 aromatic rings. The Morgan fingerprint density at radius 1 is 0.828 bits per heavy atom. The Morgan fingerprint density at radius 2 is 1.48 bits per heavy atom. The molecule has 0 saturated carbocycles. The van der Waals surface area contributed by atoms with E-state index in [2.05, 4.69) is 25.1 Å². The maximum Gasteiger partial charge on any atom is 0.210 e. The first-order valence-corrected chi connectivity index (χ1v) is 9.68. The number of carbonyl (C=O) groups excluding carboxylic acids is 1. The number of hydrogen-bond donors (Lipinski definition) is 0. The molecule has 0 fully saturated rings. The van der Waals surface area contributed by atoms with Crippen molar-refractivity contribution in [2.75, 3.05) is 5.75 Å². The van der Waals surface area contributed by atoms with Gasteiger partial charge in [0.1, 0.15) is 17.2 Å². The van der Waals surface area contributed by atoms with Crippen LogP contribution in [0.25, 0.3) is 22.8 Å². The lowest BCUT2D eigenvalue weighted by atomic mass is 10.1. The third-order valence-electron chi connectivity index (χ3n) is 3.98. The van der Waals surface area contributed by atoms with Gasteiger partial charge in [0.05, 0.1) is 17.1 Å². The van der Waals surface area contributed by atoms with Gasteiger partial charge in [-0.3, -0.25) is 14.8 Å². The van der Waals surface area contributed by atoms with Crippen LogP contribution in [0.15, 0.2) is 78.2 Å². The van der Waals surface area contributed by atoms with E-state index in [0.29, 0.717) is 33.5 Å². The number of aromatic nitrogens is 5. The summed E-state index contributed by atoms with van der Waals surface area (Å²) in [5, 5.41) is 8.78. The van der Waals surface area contributed by atoms with Crippen molar-refractivity contribution < 1.29 is 9.18 Å². The molecule has 0 aliphatic rings. The summed E-state index contributed by atoms with van der Waals surface area (Å²) < 4.78 is 13.0. The van der Waals surface area contributed by atoms with Gasteiger partial charge in [0, 0.05) is 18.0 Å². The minimum atomic E-state index is -0.383. The van der Waals surface area contributed by atoms with Crippen LogP contribution in [0.3, 0.4) is 0 Å². The second-order valence-corrected chi connectivity index (χ2v) is 6.88. The van der Waals surface area contributed by atoms with E-state index in [1.54, 1.807) is 12.4 Å². The third-order valence-corrected chi connectivity index (χ3v) is 4.82. The van der Waals surface area contributed by atoms with E-state index >= 15 is 0 Å². The average Bonchev–Trinajstić information content (AvgIpc) is 2.79. The molecule has 0 aliphatic heterocycles.